The molecule has 0 heterocycles. The van der Waals surface area contributed by atoms with Crippen LogP contribution >= 0.6 is 0 Å². The highest BCUT2D eigenvalue weighted by atomic mass is 16.8. The van der Waals surface area contributed by atoms with E-state index in [2.05, 4.69) is 10.3 Å². The van der Waals surface area contributed by atoms with Crippen LogP contribution in [-0.2, 0) is 4.84 Å². The summed E-state index contributed by atoms with van der Waals surface area (Å²) in [6, 6.07) is 0. The van der Waals surface area contributed by atoms with Crippen LogP contribution in [0.15, 0.2) is 0 Å². The lowest BCUT2D eigenvalue weighted by Crippen LogP contribution is -2.37. The quantitative estimate of drug-likeness (QED) is 0.523. The molecule has 0 saturated carbocycles. The van der Waals surface area contributed by atoms with Gasteiger partial charge in [0, 0.05) is 5.54 Å². The molecule has 0 unspecified atom stereocenters. The maximum Gasteiger partial charge on any atom is 0.525 e. The Balaban J connectivity index is 3.39. The van der Waals surface area contributed by atoms with Crippen molar-refractivity contribution < 1.29 is 14.7 Å². The molecule has 9 heavy (non-hydrogen) atoms. The number of carboxylic acid groups (broad SMARTS) is 1. The average molecular weight is 133 g/mol. The monoisotopic (exact) mass is 133 g/mol. The average Bonchev–Trinajstić information content (AvgIpc) is 1.59. The summed E-state index contributed by atoms with van der Waals surface area (Å²) < 4.78 is 0. The van der Waals surface area contributed by atoms with Gasteiger partial charge >= 0.3 is 6.16 Å². The molecule has 0 aliphatic heterocycles. The zero-order valence-electron chi connectivity index (χ0n) is 5.76. The molecular weight excluding hydrogens is 122 g/mol. The van der Waals surface area contributed by atoms with Crippen LogP contribution in [0.2, 0.25) is 0 Å². The summed E-state index contributed by atoms with van der Waals surface area (Å²) in [7, 11) is 0. The largest absolute Gasteiger partial charge is 0.525 e. The molecule has 0 saturated heterocycles. The van der Waals surface area contributed by atoms with Gasteiger partial charge in [-0.3, -0.25) is 0 Å². The Morgan fingerprint density at radius 2 is 2.00 bits per heavy atom. The maximum absolute atomic E-state index is 9.76. The summed E-state index contributed by atoms with van der Waals surface area (Å²) in [6.45, 7) is 5.40. The lowest BCUT2D eigenvalue weighted by atomic mass is 10.1. The second-order valence-electron chi connectivity index (χ2n) is 2.72. The van der Waals surface area contributed by atoms with E-state index >= 15 is 0 Å². The number of hydrogen-bond donors (Lipinski definition) is 2. The summed E-state index contributed by atoms with van der Waals surface area (Å²) >= 11 is 0. The Morgan fingerprint density at radius 1 is 1.56 bits per heavy atom. The lowest BCUT2D eigenvalue weighted by Gasteiger charge is -2.17. The van der Waals surface area contributed by atoms with Crippen molar-refractivity contribution in [2.75, 3.05) is 0 Å². The van der Waals surface area contributed by atoms with Crippen LogP contribution in [0.25, 0.3) is 0 Å². The highest BCUT2D eigenvalue weighted by Gasteiger charge is 2.10. The Labute approximate surface area is 53.8 Å². The topological polar surface area (TPSA) is 58.6 Å². The van der Waals surface area contributed by atoms with E-state index in [1.54, 1.807) is 20.8 Å². The van der Waals surface area contributed by atoms with Crippen molar-refractivity contribution in [1.82, 2.24) is 5.48 Å². The smallest absolute Gasteiger partial charge is 0.448 e. The maximum atomic E-state index is 9.76. The summed E-state index contributed by atoms with van der Waals surface area (Å²) in [5.41, 5.74) is 2.00. The highest BCUT2D eigenvalue weighted by molar-refractivity contribution is 5.56. The molecule has 4 nitrogen and oxygen atoms in total. The van der Waals surface area contributed by atoms with Crippen molar-refractivity contribution >= 4 is 6.16 Å². The molecule has 2 N–H and O–H groups in total. The summed E-state index contributed by atoms with van der Waals surface area (Å²) in [5, 5.41) is 7.99. The van der Waals surface area contributed by atoms with Crippen LogP contribution in [0, 0.1) is 0 Å². The second-order valence-corrected chi connectivity index (χ2v) is 2.72. The van der Waals surface area contributed by atoms with Crippen molar-refractivity contribution in [3.8, 4) is 0 Å². The number of rotatable bonds is 1. The van der Waals surface area contributed by atoms with E-state index in [1.807, 2.05) is 0 Å². The fraction of sp³-hybridized carbons (Fsp3) is 0.800. The number of hydroxylamine groups is 1. The number of nitrogens with one attached hydrogen (secondary N) is 1. The Hall–Kier alpha value is -0.770. The minimum absolute atomic E-state index is 0.321. The fourth-order valence-electron chi connectivity index (χ4n) is 0.197. The molecule has 0 radical (unpaired) electrons. The van der Waals surface area contributed by atoms with E-state index in [0.717, 1.165) is 0 Å². The van der Waals surface area contributed by atoms with Gasteiger partial charge in [-0.05, 0) is 20.8 Å². The summed E-state index contributed by atoms with van der Waals surface area (Å²) in [6.07, 6.45) is -1.31. The molecular formula is C5H11NO3. The third-order valence-corrected chi connectivity index (χ3v) is 0.445. The van der Waals surface area contributed by atoms with E-state index in [1.165, 1.54) is 0 Å². The minimum Gasteiger partial charge on any atom is -0.448 e. The van der Waals surface area contributed by atoms with Crippen LogP contribution in [0.3, 0.4) is 0 Å². The predicted molar refractivity (Wildman–Crippen MR) is 32.0 cm³/mol. The van der Waals surface area contributed by atoms with Gasteiger partial charge < -0.3 is 9.94 Å². The number of carbonyl (C=O) groups is 1. The predicted octanol–water partition coefficient (Wildman–Crippen LogP) is 0.984. The molecule has 0 aromatic carbocycles. The Bertz CT molecular complexity index is 105. The molecule has 0 aliphatic rings. The Morgan fingerprint density at radius 3 is 2.11 bits per heavy atom. The van der Waals surface area contributed by atoms with Gasteiger partial charge in [0.15, 0.2) is 0 Å². The fourth-order valence-corrected chi connectivity index (χ4v) is 0.197. The molecule has 0 bridgehead atoms. The molecule has 54 valence electrons. The van der Waals surface area contributed by atoms with Crippen molar-refractivity contribution in [3.05, 3.63) is 0 Å². The molecule has 0 aromatic heterocycles. The summed E-state index contributed by atoms with van der Waals surface area (Å²) in [5.74, 6) is 0. The molecule has 0 rings (SSSR count). The first-order valence-electron chi connectivity index (χ1n) is 2.59. The van der Waals surface area contributed by atoms with Crippen LogP contribution < -0.4 is 5.48 Å². The van der Waals surface area contributed by atoms with Gasteiger partial charge in [0.1, 0.15) is 0 Å². The minimum atomic E-state index is -1.31. The lowest BCUT2D eigenvalue weighted by molar-refractivity contribution is 0.0117. The molecule has 0 spiro atoms. The standard InChI is InChI=1S/C5H11NO3/c1-5(2,3)6-9-4(7)8/h6H,1-3H3,(H,7,8). The van der Waals surface area contributed by atoms with Gasteiger partial charge in [0.25, 0.3) is 0 Å². The van der Waals surface area contributed by atoms with E-state index < -0.39 is 6.16 Å². The number of hydrogen-bond acceptors (Lipinski definition) is 3. The SMILES string of the molecule is CC(C)(C)NOC(=O)O. The highest BCUT2D eigenvalue weighted by Crippen LogP contribution is 1.97. The third kappa shape index (κ3) is 7.23. The van der Waals surface area contributed by atoms with Gasteiger partial charge in [-0.15, -0.1) is 5.48 Å². The Kier molecular flexibility index (Phi) is 2.45. The first-order chi connectivity index (χ1) is 3.92. The zero-order chi connectivity index (χ0) is 7.49. The van der Waals surface area contributed by atoms with Crippen molar-refractivity contribution in [2.24, 2.45) is 0 Å². The second kappa shape index (κ2) is 2.68. The molecule has 0 aliphatic carbocycles. The first kappa shape index (κ1) is 8.23. The van der Waals surface area contributed by atoms with Crippen molar-refractivity contribution in [3.63, 3.8) is 0 Å². The van der Waals surface area contributed by atoms with Crippen LogP contribution in [0.5, 0.6) is 0 Å². The van der Waals surface area contributed by atoms with E-state index in [9.17, 15) is 4.79 Å². The molecule has 0 fully saturated rings. The van der Waals surface area contributed by atoms with E-state index in [-0.39, 0.29) is 5.54 Å². The third-order valence-electron chi connectivity index (χ3n) is 0.445. The molecule has 4 heteroatoms. The van der Waals surface area contributed by atoms with Crippen LogP contribution in [0.1, 0.15) is 20.8 Å². The molecule has 0 aromatic rings. The van der Waals surface area contributed by atoms with Crippen LogP contribution in [-0.4, -0.2) is 16.8 Å². The van der Waals surface area contributed by atoms with E-state index in [0.29, 0.717) is 0 Å². The van der Waals surface area contributed by atoms with Gasteiger partial charge in [-0.1, -0.05) is 0 Å². The van der Waals surface area contributed by atoms with Crippen molar-refractivity contribution in [2.45, 2.75) is 26.3 Å². The van der Waals surface area contributed by atoms with Crippen LogP contribution in [0.4, 0.5) is 4.79 Å². The first-order valence-corrected chi connectivity index (χ1v) is 2.59. The molecule has 0 atom stereocenters. The van der Waals surface area contributed by atoms with Crippen molar-refractivity contribution in [1.29, 1.82) is 0 Å². The summed E-state index contributed by atoms with van der Waals surface area (Å²) in [4.78, 5) is 13.8. The molecule has 0 amide bonds. The van der Waals surface area contributed by atoms with E-state index in [4.69, 9.17) is 5.11 Å². The normalized spacial score (nSPS) is 11.0. The van der Waals surface area contributed by atoms with Gasteiger partial charge in [0.2, 0.25) is 0 Å². The van der Waals surface area contributed by atoms with Gasteiger partial charge in [0.05, 0.1) is 0 Å². The van der Waals surface area contributed by atoms with Gasteiger partial charge in [-0.2, -0.15) is 0 Å². The van der Waals surface area contributed by atoms with Gasteiger partial charge in [-0.25, -0.2) is 4.79 Å². The zero-order valence-corrected chi connectivity index (χ0v) is 5.76.